The fraction of sp³-hybridized carbons (Fsp3) is 0. The van der Waals surface area contributed by atoms with E-state index in [9.17, 15) is 4.79 Å². The van der Waals surface area contributed by atoms with Crippen LogP contribution in [0.1, 0.15) is 0 Å². The lowest BCUT2D eigenvalue weighted by Crippen LogP contribution is -1.96. The van der Waals surface area contributed by atoms with Gasteiger partial charge < -0.3 is 5.48 Å². The van der Waals surface area contributed by atoms with Crippen LogP contribution in [0.4, 0.5) is 0 Å². The van der Waals surface area contributed by atoms with E-state index in [1.54, 1.807) is 6.07 Å². The number of aromatic nitrogens is 2. The maximum atomic E-state index is 10.9. The number of fused-ring (bicyclic) bond motifs is 1. The van der Waals surface area contributed by atoms with E-state index >= 15 is 0 Å². The lowest BCUT2D eigenvalue weighted by Gasteiger charge is -1.80. The van der Waals surface area contributed by atoms with Gasteiger partial charge in [-0.15, -0.1) is 0 Å². The molecule has 4 heteroatoms. The first-order chi connectivity index (χ1) is 4.88. The molecule has 0 amide bonds. The summed E-state index contributed by atoms with van der Waals surface area (Å²) < 4.78 is 0. The summed E-state index contributed by atoms with van der Waals surface area (Å²) in [5, 5.41) is 5.96. The van der Waals surface area contributed by atoms with Crippen LogP contribution < -0.4 is 5.56 Å². The molecule has 2 rings (SSSR count). The Balaban J connectivity index is 0.000000605. The molecule has 0 radical (unpaired) electrons. The van der Waals surface area contributed by atoms with Crippen LogP contribution in [-0.2, 0) is 0 Å². The molecule has 0 spiro atoms. The normalized spacial score (nSPS) is 9.45. The number of H-pyrrole nitrogens is 2. The molecule has 4 N–H and O–H groups in total. The quantitative estimate of drug-likeness (QED) is 0.548. The van der Waals surface area contributed by atoms with Gasteiger partial charge in [0.25, 0.3) is 5.56 Å². The molecular weight excluding hydrogens is 144 g/mol. The molecular formula is C7H8N2O2. The first-order valence-electron chi connectivity index (χ1n) is 3.03. The molecule has 1 aromatic carbocycles. The number of aromatic amines is 2. The summed E-state index contributed by atoms with van der Waals surface area (Å²) in [6, 6.07) is 7.36. The van der Waals surface area contributed by atoms with Gasteiger partial charge in [0.1, 0.15) is 0 Å². The molecule has 2 aromatic rings. The van der Waals surface area contributed by atoms with Crippen molar-refractivity contribution >= 4 is 10.9 Å². The van der Waals surface area contributed by atoms with Crippen molar-refractivity contribution in [1.82, 2.24) is 10.2 Å². The highest BCUT2D eigenvalue weighted by Gasteiger charge is 1.95. The molecule has 0 aliphatic rings. The van der Waals surface area contributed by atoms with E-state index in [4.69, 9.17) is 0 Å². The van der Waals surface area contributed by atoms with E-state index in [-0.39, 0.29) is 11.0 Å². The topological polar surface area (TPSA) is 80.2 Å². The van der Waals surface area contributed by atoms with Crippen LogP contribution >= 0.6 is 0 Å². The van der Waals surface area contributed by atoms with Crippen molar-refractivity contribution in [2.24, 2.45) is 0 Å². The molecule has 11 heavy (non-hydrogen) atoms. The maximum Gasteiger partial charge on any atom is 0.271 e. The van der Waals surface area contributed by atoms with Crippen LogP contribution in [-0.4, -0.2) is 15.7 Å². The minimum Gasteiger partial charge on any atom is -0.412 e. The third-order valence-electron chi connectivity index (χ3n) is 1.48. The predicted octanol–water partition coefficient (Wildman–Crippen LogP) is 0.0315. The van der Waals surface area contributed by atoms with E-state index in [1.807, 2.05) is 18.2 Å². The Morgan fingerprint density at radius 3 is 2.55 bits per heavy atom. The smallest absolute Gasteiger partial charge is 0.271 e. The van der Waals surface area contributed by atoms with Crippen molar-refractivity contribution in [1.29, 1.82) is 0 Å². The van der Waals surface area contributed by atoms with Gasteiger partial charge in [0.05, 0.1) is 10.9 Å². The third kappa shape index (κ3) is 1.03. The van der Waals surface area contributed by atoms with Crippen LogP contribution in [0.15, 0.2) is 29.1 Å². The van der Waals surface area contributed by atoms with Gasteiger partial charge in [-0.2, -0.15) is 0 Å². The van der Waals surface area contributed by atoms with Crippen molar-refractivity contribution in [3.63, 3.8) is 0 Å². The second kappa shape index (κ2) is 2.59. The zero-order valence-corrected chi connectivity index (χ0v) is 5.72. The fourth-order valence-corrected chi connectivity index (χ4v) is 0.982. The maximum absolute atomic E-state index is 10.9. The second-order valence-corrected chi connectivity index (χ2v) is 2.12. The Kier molecular flexibility index (Phi) is 1.78. The van der Waals surface area contributed by atoms with Crippen LogP contribution in [0.3, 0.4) is 0 Å². The third-order valence-corrected chi connectivity index (χ3v) is 1.48. The van der Waals surface area contributed by atoms with Gasteiger partial charge in [-0.25, -0.2) is 0 Å². The van der Waals surface area contributed by atoms with Gasteiger partial charge in [-0.1, -0.05) is 12.1 Å². The zero-order chi connectivity index (χ0) is 6.97. The molecule has 0 saturated heterocycles. The molecule has 0 aliphatic heterocycles. The summed E-state index contributed by atoms with van der Waals surface area (Å²) in [5.41, 5.74) is 0.795. The van der Waals surface area contributed by atoms with Gasteiger partial charge in [-0.05, 0) is 12.1 Å². The van der Waals surface area contributed by atoms with E-state index in [2.05, 4.69) is 10.2 Å². The average Bonchev–Trinajstić information content (AvgIpc) is 2.34. The predicted molar refractivity (Wildman–Crippen MR) is 42.5 cm³/mol. The number of para-hydroxylation sites is 1. The van der Waals surface area contributed by atoms with Crippen molar-refractivity contribution in [2.45, 2.75) is 0 Å². The lowest BCUT2D eigenvalue weighted by atomic mass is 10.3. The van der Waals surface area contributed by atoms with Crippen LogP contribution in [0.2, 0.25) is 0 Å². The standard InChI is InChI=1S/C7H6N2O.H2O/c10-7-5-3-1-2-4-6(5)8-9-7;/h1-4H,(H2,8,9,10);1H2. The van der Waals surface area contributed by atoms with Gasteiger partial charge in [-0.3, -0.25) is 15.0 Å². The number of hydrogen-bond donors (Lipinski definition) is 2. The summed E-state index contributed by atoms with van der Waals surface area (Å²) >= 11 is 0. The van der Waals surface area contributed by atoms with Gasteiger partial charge in [0, 0.05) is 0 Å². The first kappa shape index (κ1) is 7.56. The van der Waals surface area contributed by atoms with E-state index in [0.29, 0.717) is 5.39 Å². The molecule has 4 nitrogen and oxygen atoms in total. The Bertz CT molecular complexity index is 402. The Hall–Kier alpha value is -1.55. The molecule has 0 unspecified atom stereocenters. The Morgan fingerprint density at radius 2 is 1.82 bits per heavy atom. The summed E-state index contributed by atoms with van der Waals surface area (Å²) in [6.07, 6.45) is 0. The summed E-state index contributed by atoms with van der Waals surface area (Å²) in [5.74, 6) is 0. The van der Waals surface area contributed by atoms with Crippen molar-refractivity contribution in [2.75, 3.05) is 0 Å². The molecule has 1 aromatic heterocycles. The number of hydrogen-bond acceptors (Lipinski definition) is 1. The van der Waals surface area contributed by atoms with E-state index in [0.717, 1.165) is 5.52 Å². The SMILES string of the molecule is O.O=c1[nH][nH]c2ccccc12. The highest BCUT2D eigenvalue weighted by molar-refractivity contribution is 5.77. The fourth-order valence-electron chi connectivity index (χ4n) is 0.982. The Labute approximate surface area is 62.2 Å². The minimum atomic E-state index is -0.0596. The first-order valence-corrected chi connectivity index (χ1v) is 3.03. The van der Waals surface area contributed by atoms with Gasteiger partial charge in [0.2, 0.25) is 0 Å². The number of benzene rings is 1. The lowest BCUT2D eigenvalue weighted by molar-refractivity contribution is 0.824. The summed E-state index contributed by atoms with van der Waals surface area (Å²) in [7, 11) is 0. The molecule has 0 saturated carbocycles. The molecule has 0 bridgehead atoms. The van der Waals surface area contributed by atoms with E-state index in [1.165, 1.54) is 0 Å². The number of nitrogens with one attached hydrogen (secondary N) is 2. The van der Waals surface area contributed by atoms with Crippen LogP contribution in [0.5, 0.6) is 0 Å². The monoisotopic (exact) mass is 152 g/mol. The highest BCUT2D eigenvalue weighted by atomic mass is 16.1. The minimum absolute atomic E-state index is 0. The molecule has 58 valence electrons. The zero-order valence-electron chi connectivity index (χ0n) is 5.72. The second-order valence-electron chi connectivity index (χ2n) is 2.12. The Morgan fingerprint density at radius 1 is 1.09 bits per heavy atom. The van der Waals surface area contributed by atoms with Crippen molar-refractivity contribution in [3.05, 3.63) is 34.6 Å². The number of rotatable bonds is 0. The molecule has 0 atom stereocenters. The van der Waals surface area contributed by atoms with E-state index < -0.39 is 0 Å². The van der Waals surface area contributed by atoms with Crippen LogP contribution in [0.25, 0.3) is 10.9 Å². The molecule has 0 aliphatic carbocycles. The highest BCUT2D eigenvalue weighted by Crippen LogP contribution is 2.02. The largest absolute Gasteiger partial charge is 0.412 e. The van der Waals surface area contributed by atoms with Crippen molar-refractivity contribution < 1.29 is 5.48 Å². The molecule has 1 heterocycles. The van der Waals surface area contributed by atoms with Crippen LogP contribution in [0, 0.1) is 0 Å². The summed E-state index contributed by atoms with van der Waals surface area (Å²) in [4.78, 5) is 10.9. The van der Waals surface area contributed by atoms with Gasteiger partial charge >= 0.3 is 0 Å². The molecule has 0 fully saturated rings. The average molecular weight is 152 g/mol. The van der Waals surface area contributed by atoms with Gasteiger partial charge in [0.15, 0.2) is 0 Å². The summed E-state index contributed by atoms with van der Waals surface area (Å²) in [6.45, 7) is 0. The van der Waals surface area contributed by atoms with Crippen molar-refractivity contribution in [3.8, 4) is 0 Å².